The van der Waals surface area contributed by atoms with Crippen LogP contribution in [0.5, 0.6) is 0 Å². The van der Waals surface area contributed by atoms with Crippen molar-refractivity contribution in [2.24, 2.45) is 17.0 Å². The van der Waals surface area contributed by atoms with Crippen LogP contribution in [0.25, 0.3) is 0 Å². The second kappa shape index (κ2) is 11.7. The molecule has 1 aliphatic heterocycles. The van der Waals surface area contributed by atoms with Crippen LogP contribution in [0.4, 0.5) is 4.39 Å². The van der Waals surface area contributed by atoms with Crippen molar-refractivity contribution in [1.29, 1.82) is 0 Å². The third-order valence-electron chi connectivity index (χ3n) is 5.75. The highest BCUT2D eigenvalue weighted by Crippen LogP contribution is 2.36. The molecule has 1 saturated heterocycles. The van der Waals surface area contributed by atoms with E-state index in [2.05, 4.69) is 17.0 Å². The Labute approximate surface area is 183 Å². The van der Waals surface area contributed by atoms with Crippen molar-refractivity contribution in [3.8, 4) is 11.8 Å². The molecular weight excluding hydrogens is 397 g/mol. The smallest absolute Gasteiger partial charge is 0.168 e. The number of carbonyl (C=O) groups is 1. The normalized spacial score (nSPS) is 20.4. The van der Waals surface area contributed by atoms with Crippen LogP contribution in [0.1, 0.15) is 57.4 Å². The van der Waals surface area contributed by atoms with Gasteiger partial charge in [-0.25, -0.2) is 4.39 Å². The van der Waals surface area contributed by atoms with E-state index in [9.17, 15) is 14.3 Å². The Hall–Kier alpha value is -2.65. The van der Waals surface area contributed by atoms with Crippen molar-refractivity contribution < 1.29 is 23.9 Å². The van der Waals surface area contributed by atoms with E-state index >= 15 is 0 Å². The van der Waals surface area contributed by atoms with Crippen LogP contribution in [0.15, 0.2) is 40.8 Å². The monoisotopic (exact) mass is 427 g/mol. The summed E-state index contributed by atoms with van der Waals surface area (Å²) in [7, 11) is 0. The zero-order chi connectivity index (χ0) is 22.1. The molecule has 0 radical (unpaired) electrons. The molecule has 31 heavy (non-hydrogen) atoms. The molecule has 0 amide bonds. The summed E-state index contributed by atoms with van der Waals surface area (Å²) >= 11 is 0. The van der Waals surface area contributed by atoms with E-state index in [0.29, 0.717) is 42.9 Å². The van der Waals surface area contributed by atoms with Gasteiger partial charge in [0.1, 0.15) is 18.2 Å². The number of hydrogen-bond donors (Lipinski definition) is 1. The first kappa shape index (κ1) is 23.0. The largest absolute Gasteiger partial charge is 0.511 e. The van der Waals surface area contributed by atoms with Crippen molar-refractivity contribution in [3.63, 3.8) is 0 Å². The maximum Gasteiger partial charge on any atom is 0.168 e. The van der Waals surface area contributed by atoms with E-state index in [1.54, 1.807) is 12.1 Å². The first-order valence-electron chi connectivity index (χ1n) is 11.0. The first-order valence-corrected chi connectivity index (χ1v) is 11.0. The molecule has 1 heterocycles. The Bertz CT molecular complexity index is 873. The number of oxime groups is 1. The van der Waals surface area contributed by atoms with Gasteiger partial charge in [0.15, 0.2) is 5.78 Å². The lowest BCUT2D eigenvalue weighted by molar-refractivity contribution is -0.117. The summed E-state index contributed by atoms with van der Waals surface area (Å²) in [5.41, 5.74) is 1.59. The predicted octanol–water partition coefficient (Wildman–Crippen LogP) is 4.96. The van der Waals surface area contributed by atoms with Crippen molar-refractivity contribution in [2.75, 3.05) is 19.8 Å². The van der Waals surface area contributed by atoms with Gasteiger partial charge in [-0.2, -0.15) is 0 Å². The molecule has 0 spiro atoms. The van der Waals surface area contributed by atoms with Gasteiger partial charge in [-0.05, 0) is 55.4 Å². The average molecular weight is 428 g/mol. The van der Waals surface area contributed by atoms with Gasteiger partial charge in [0.05, 0.1) is 11.3 Å². The molecule has 0 saturated carbocycles. The lowest BCUT2D eigenvalue weighted by Gasteiger charge is -2.32. The van der Waals surface area contributed by atoms with Crippen molar-refractivity contribution in [1.82, 2.24) is 0 Å². The van der Waals surface area contributed by atoms with E-state index < -0.39 is 0 Å². The minimum Gasteiger partial charge on any atom is -0.511 e. The van der Waals surface area contributed by atoms with Gasteiger partial charge in [-0.15, -0.1) is 0 Å². The number of aliphatic hydroxyl groups excluding tert-OH is 1. The standard InChI is InChI=1S/C25H30FNO4/c1-2-5-22(27-31-13-4-3-6-18-7-9-21(26)10-8-18)25-23(28)16-20(17-24(25)29)19-11-14-30-15-12-19/h7-10,19-20,28H,2,4-5,11-17H2,1H3. The van der Waals surface area contributed by atoms with Crippen molar-refractivity contribution in [3.05, 3.63) is 47.0 Å². The van der Waals surface area contributed by atoms with Gasteiger partial charge in [0, 0.05) is 38.0 Å². The Morgan fingerprint density at radius 1 is 1.23 bits per heavy atom. The summed E-state index contributed by atoms with van der Waals surface area (Å²) in [4.78, 5) is 18.3. The third kappa shape index (κ3) is 6.67. The SMILES string of the molecule is CCCC(=NOCCC#Cc1ccc(F)cc1)C1=C(O)CC(C2CCOCC2)CC1=O. The Morgan fingerprint density at radius 3 is 2.65 bits per heavy atom. The quantitative estimate of drug-likeness (QED) is 0.289. The van der Waals surface area contributed by atoms with E-state index in [1.165, 1.54) is 12.1 Å². The molecule has 0 bridgehead atoms. The molecule has 1 aromatic rings. The van der Waals surface area contributed by atoms with Gasteiger partial charge in [-0.1, -0.05) is 30.3 Å². The second-order valence-electron chi connectivity index (χ2n) is 8.04. The fourth-order valence-corrected chi connectivity index (χ4v) is 4.14. The summed E-state index contributed by atoms with van der Waals surface area (Å²) < 4.78 is 18.3. The molecule has 6 heteroatoms. The molecule has 1 fully saturated rings. The third-order valence-corrected chi connectivity index (χ3v) is 5.75. The van der Waals surface area contributed by atoms with E-state index in [0.717, 1.165) is 38.0 Å². The number of ether oxygens (including phenoxy) is 1. The Morgan fingerprint density at radius 2 is 1.97 bits per heavy atom. The summed E-state index contributed by atoms with van der Waals surface area (Å²) in [6.45, 7) is 3.73. The Balaban J connectivity index is 1.59. The molecule has 1 aliphatic carbocycles. The molecule has 1 N–H and O–H groups in total. The molecular formula is C25H30FNO4. The topological polar surface area (TPSA) is 68.1 Å². The number of nitrogens with zero attached hydrogens (tertiary/aromatic N) is 1. The second-order valence-corrected chi connectivity index (χ2v) is 8.04. The Kier molecular flexibility index (Phi) is 8.66. The maximum absolute atomic E-state index is 12.9. The summed E-state index contributed by atoms with van der Waals surface area (Å²) in [6, 6.07) is 5.99. The fraction of sp³-hybridized carbons (Fsp3) is 0.520. The zero-order valence-corrected chi connectivity index (χ0v) is 18.0. The predicted molar refractivity (Wildman–Crippen MR) is 117 cm³/mol. The van der Waals surface area contributed by atoms with Crippen molar-refractivity contribution in [2.45, 2.75) is 51.9 Å². The highest BCUT2D eigenvalue weighted by atomic mass is 19.1. The lowest BCUT2D eigenvalue weighted by Crippen LogP contribution is -2.31. The number of benzene rings is 1. The number of allylic oxidation sites excluding steroid dienone is 2. The lowest BCUT2D eigenvalue weighted by atomic mass is 9.75. The van der Waals surface area contributed by atoms with E-state index in [1.807, 2.05) is 6.92 Å². The first-order chi connectivity index (χ1) is 15.1. The van der Waals surface area contributed by atoms with Gasteiger partial charge in [-0.3, -0.25) is 4.79 Å². The molecule has 1 atom stereocenters. The highest BCUT2D eigenvalue weighted by molar-refractivity contribution is 6.23. The fourth-order valence-electron chi connectivity index (χ4n) is 4.14. The minimum absolute atomic E-state index is 0.0489. The molecule has 2 aliphatic rings. The molecule has 1 aromatic carbocycles. The molecule has 0 aromatic heterocycles. The van der Waals surface area contributed by atoms with Crippen LogP contribution >= 0.6 is 0 Å². The van der Waals surface area contributed by atoms with Crippen LogP contribution in [-0.2, 0) is 14.4 Å². The summed E-state index contributed by atoms with van der Waals surface area (Å²) in [5.74, 6) is 6.29. The molecule has 3 rings (SSSR count). The van der Waals surface area contributed by atoms with Crippen LogP contribution < -0.4 is 0 Å². The molecule has 1 unspecified atom stereocenters. The highest BCUT2D eigenvalue weighted by Gasteiger charge is 2.35. The maximum atomic E-state index is 12.9. The number of rotatable bonds is 7. The van der Waals surface area contributed by atoms with Crippen LogP contribution in [0.2, 0.25) is 0 Å². The number of aliphatic hydroxyl groups is 1. The van der Waals surface area contributed by atoms with Gasteiger partial charge < -0.3 is 14.7 Å². The number of Topliss-reactive ketones (excluding diaryl/α,β-unsaturated/α-hetero) is 1. The van der Waals surface area contributed by atoms with Crippen LogP contribution in [0, 0.1) is 29.5 Å². The summed E-state index contributed by atoms with van der Waals surface area (Å²) in [6.07, 6.45) is 4.64. The van der Waals surface area contributed by atoms with Crippen LogP contribution in [0.3, 0.4) is 0 Å². The number of carbonyl (C=O) groups excluding carboxylic acids is 1. The van der Waals surface area contributed by atoms with Gasteiger partial charge in [0.25, 0.3) is 0 Å². The van der Waals surface area contributed by atoms with Gasteiger partial charge in [0.2, 0.25) is 0 Å². The molecule has 166 valence electrons. The van der Waals surface area contributed by atoms with E-state index in [-0.39, 0.29) is 29.9 Å². The number of ketones is 1. The van der Waals surface area contributed by atoms with E-state index in [4.69, 9.17) is 9.57 Å². The summed E-state index contributed by atoms with van der Waals surface area (Å²) in [5, 5.41) is 14.8. The minimum atomic E-state index is -0.291. The van der Waals surface area contributed by atoms with Gasteiger partial charge >= 0.3 is 0 Å². The zero-order valence-electron chi connectivity index (χ0n) is 18.0. The van der Waals surface area contributed by atoms with Crippen LogP contribution in [-0.4, -0.2) is 36.4 Å². The van der Waals surface area contributed by atoms with Crippen molar-refractivity contribution >= 4 is 11.5 Å². The number of halogens is 1. The molecule has 5 nitrogen and oxygen atoms in total. The average Bonchev–Trinajstić information content (AvgIpc) is 2.77. The number of hydrogen-bond acceptors (Lipinski definition) is 5.